The van der Waals surface area contributed by atoms with Gasteiger partial charge in [-0.3, -0.25) is 19.7 Å². The average molecular weight is 332 g/mol. The molecule has 2 N–H and O–H groups in total. The van der Waals surface area contributed by atoms with Crippen LogP contribution in [0.15, 0.2) is 46.9 Å². The van der Waals surface area contributed by atoms with Crippen molar-refractivity contribution in [2.75, 3.05) is 6.54 Å². The highest BCUT2D eigenvalue weighted by atomic mass is 32.1. The third kappa shape index (κ3) is 5.00. The van der Waals surface area contributed by atoms with Gasteiger partial charge in [0.15, 0.2) is 0 Å². The molecule has 0 spiro atoms. The molecule has 0 radical (unpaired) electrons. The highest BCUT2D eigenvalue weighted by Crippen LogP contribution is 2.11. The number of hydrazone groups is 1. The first-order chi connectivity index (χ1) is 11.1. The molecule has 118 valence electrons. The maximum Gasteiger partial charge on any atom is 0.270 e. The highest BCUT2D eigenvalue weighted by Gasteiger charge is 2.08. The Hall–Kier alpha value is -3.07. The Bertz CT molecular complexity index is 743. The lowest BCUT2D eigenvalue weighted by atomic mass is 10.2. The number of hydrogen-bond acceptors (Lipinski definition) is 6. The van der Waals surface area contributed by atoms with E-state index in [0.29, 0.717) is 10.4 Å². The molecule has 0 bridgehead atoms. The van der Waals surface area contributed by atoms with Crippen LogP contribution in [0.1, 0.15) is 15.2 Å². The van der Waals surface area contributed by atoms with E-state index in [-0.39, 0.29) is 18.1 Å². The van der Waals surface area contributed by atoms with Crippen molar-refractivity contribution in [3.63, 3.8) is 0 Å². The maximum atomic E-state index is 11.6. The Balaban J connectivity index is 1.81. The Morgan fingerprint density at radius 2 is 2.13 bits per heavy atom. The predicted octanol–water partition coefficient (Wildman–Crippen LogP) is 1.54. The van der Waals surface area contributed by atoms with Crippen LogP contribution in [0.2, 0.25) is 0 Å². The minimum Gasteiger partial charge on any atom is -0.342 e. The zero-order valence-electron chi connectivity index (χ0n) is 11.8. The van der Waals surface area contributed by atoms with E-state index in [1.165, 1.54) is 35.8 Å². The normalized spacial score (nSPS) is 10.4. The van der Waals surface area contributed by atoms with Crippen molar-refractivity contribution in [2.45, 2.75) is 0 Å². The van der Waals surface area contributed by atoms with Crippen LogP contribution in [-0.4, -0.2) is 29.5 Å². The van der Waals surface area contributed by atoms with Gasteiger partial charge in [-0.1, -0.05) is 18.2 Å². The van der Waals surface area contributed by atoms with Gasteiger partial charge in [0.25, 0.3) is 17.5 Å². The van der Waals surface area contributed by atoms with Crippen LogP contribution < -0.4 is 10.7 Å². The lowest BCUT2D eigenvalue weighted by Gasteiger charge is -2.02. The summed E-state index contributed by atoms with van der Waals surface area (Å²) in [5, 5.41) is 18.5. The zero-order chi connectivity index (χ0) is 16.7. The Morgan fingerprint density at radius 1 is 1.30 bits per heavy atom. The van der Waals surface area contributed by atoms with Crippen LogP contribution in [-0.2, 0) is 4.79 Å². The van der Waals surface area contributed by atoms with Gasteiger partial charge in [0.1, 0.15) is 0 Å². The molecule has 0 aliphatic rings. The lowest BCUT2D eigenvalue weighted by Crippen LogP contribution is -2.34. The number of nitro benzene ring substituents is 1. The van der Waals surface area contributed by atoms with Gasteiger partial charge in [-0.2, -0.15) is 5.10 Å². The Morgan fingerprint density at radius 3 is 2.83 bits per heavy atom. The summed E-state index contributed by atoms with van der Waals surface area (Å²) in [5.74, 6) is -0.839. The lowest BCUT2D eigenvalue weighted by molar-refractivity contribution is -0.384. The van der Waals surface area contributed by atoms with Crippen molar-refractivity contribution < 1.29 is 14.5 Å². The number of nitrogens with one attached hydrogen (secondary N) is 2. The molecular formula is C14H12N4O4S. The van der Waals surface area contributed by atoms with E-state index >= 15 is 0 Å². The molecular weight excluding hydrogens is 320 g/mol. The fourth-order valence-electron chi connectivity index (χ4n) is 1.59. The predicted molar refractivity (Wildman–Crippen MR) is 85.5 cm³/mol. The van der Waals surface area contributed by atoms with Crippen LogP contribution >= 0.6 is 11.3 Å². The minimum absolute atomic E-state index is 0.0662. The van der Waals surface area contributed by atoms with Gasteiger partial charge in [-0.15, -0.1) is 11.3 Å². The molecule has 9 heteroatoms. The first kappa shape index (κ1) is 16.3. The van der Waals surface area contributed by atoms with E-state index in [1.807, 2.05) is 0 Å². The molecule has 0 aliphatic heterocycles. The van der Waals surface area contributed by atoms with Crippen molar-refractivity contribution in [1.29, 1.82) is 0 Å². The molecule has 0 atom stereocenters. The monoisotopic (exact) mass is 332 g/mol. The smallest absolute Gasteiger partial charge is 0.270 e. The summed E-state index contributed by atoms with van der Waals surface area (Å²) in [6, 6.07) is 9.20. The molecule has 0 unspecified atom stereocenters. The number of amides is 2. The topological polar surface area (TPSA) is 114 Å². The number of nitrogens with zero attached hydrogens (tertiary/aromatic N) is 2. The summed E-state index contributed by atoms with van der Waals surface area (Å²) >= 11 is 1.27. The first-order valence-electron chi connectivity index (χ1n) is 6.44. The van der Waals surface area contributed by atoms with E-state index in [2.05, 4.69) is 15.8 Å². The van der Waals surface area contributed by atoms with Crippen molar-refractivity contribution in [1.82, 2.24) is 10.7 Å². The quantitative estimate of drug-likeness (QED) is 0.474. The molecule has 1 heterocycles. The minimum atomic E-state index is -0.518. The van der Waals surface area contributed by atoms with Crippen molar-refractivity contribution in [2.24, 2.45) is 5.10 Å². The van der Waals surface area contributed by atoms with E-state index in [1.54, 1.807) is 23.6 Å². The number of non-ortho nitro benzene ring substituents is 1. The Labute approximate surface area is 135 Å². The van der Waals surface area contributed by atoms with E-state index in [9.17, 15) is 19.7 Å². The number of hydrogen-bond donors (Lipinski definition) is 2. The van der Waals surface area contributed by atoms with Gasteiger partial charge in [-0.25, -0.2) is 5.43 Å². The third-order valence-corrected chi connectivity index (χ3v) is 3.51. The number of benzene rings is 1. The molecule has 1 aromatic carbocycles. The summed E-state index contributed by atoms with van der Waals surface area (Å²) in [6.45, 7) is -0.219. The molecule has 23 heavy (non-hydrogen) atoms. The van der Waals surface area contributed by atoms with Gasteiger partial charge in [0.05, 0.1) is 22.6 Å². The highest BCUT2D eigenvalue weighted by molar-refractivity contribution is 7.12. The van der Waals surface area contributed by atoms with Gasteiger partial charge in [0, 0.05) is 17.7 Å². The molecule has 0 aliphatic carbocycles. The number of thiophene rings is 1. The molecule has 0 saturated carbocycles. The molecule has 2 aromatic rings. The van der Waals surface area contributed by atoms with E-state index < -0.39 is 10.8 Å². The fraction of sp³-hybridized carbons (Fsp3) is 0.0714. The maximum absolute atomic E-state index is 11.6. The van der Waals surface area contributed by atoms with Crippen molar-refractivity contribution in [3.8, 4) is 0 Å². The number of rotatable bonds is 6. The van der Waals surface area contributed by atoms with Crippen LogP contribution in [0.3, 0.4) is 0 Å². The number of carbonyl (C=O) groups excluding carboxylic acids is 2. The second-order valence-electron chi connectivity index (χ2n) is 4.31. The number of nitro groups is 1. The summed E-state index contributed by atoms with van der Waals surface area (Å²) in [4.78, 5) is 33.8. The second kappa shape index (κ2) is 7.80. The van der Waals surface area contributed by atoms with E-state index in [4.69, 9.17) is 0 Å². The SMILES string of the molecule is O=C(CNC(=O)c1cccs1)N/N=C\c1cccc([N+](=O)[O-])c1. The molecule has 2 amide bonds. The van der Waals surface area contributed by atoms with Gasteiger partial charge in [-0.05, 0) is 11.4 Å². The summed E-state index contributed by atoms with van der Waals surface area (Å²) in [7, 11) is 0. The average Bonchev–Trinajstić information content (AvgIpc) is 3.07. The van der Waals surface area contributed by atoms with Crippen molar-refractivity contribution in [3.05, 3.63) is 62.3 Å². The van der Waals surface area contributed by atoms with E-state index in [0.717, 1.165) is 0 Å². The zero-order valence-corrected chi connectivity index (χ0v) is 12.6. The van der Waals surface area contributed by atoms with Gasteiger partial charge < -0.3 is 5.32 Å². The standard InChI is InChI=1S/C14H12N4O4S/c19-13(9-15-14(20)12-5-2-6-23-12)17-16-8-10-3-1-4-11(7-10)18(21)22/h1-8H,9H2,(H,15,20)(H,17,19)/b16-8-. The Kier molecular flexibility index (Phi) is 5.53. The summed E-state index contributed by atoms with van der Waals surface area (Å²) in [6.07, 6.45) is 1.28. The number of carbonyl (C=O) groups is 2. The largest absolute Gasteiger partial charge is 0.342 e. The van der Waals surface area contributed by atoms with Crippen LogP contribution in [0.4, 0.5) is 5.69 Å². The second-order valence-corrected chi connectivity index (χ2v) is 5.25. The van der Waals surface area contributed by atoms with Crippen LogP contribution in [0.5, 0.6) is 0 Å². The summed E-state index contributed by atoms with van der Waals surface area (Å²) < 4.78 is 0. The molecule has 0 saturated heterocycles. The molecule has 2 rings (SSSR count). The first-order valence-corrected chi connectivity index (χ1v) is 7.32. The van der Waals surface area contributed by atoms with Gasteiger partial charge >= 0.3 is 0 Å². The van der Waals surface area contributed by atoms with Gasteiger partial charge in [0.2, 0.25) is 0 Å². The van der Waals surface area contributed by atoms with Crippen LogP contribution in [0, 0.1) is 10.1 Å². The third-order valence-electron chi connectivity index (χ3n) is 2.64. The van der Waals surface area contributed by atoms with Crippen molar-refractivity contribution >= 4 is 35.1 Å². The fourth-order valence-corrected chi connectivity index (χ4v) is 2.23. The summed E-state index contributed by atoms with van der Waals surface area (Å²) in [5.41, 5.74) is 2.64. The molecule has 1 aromatic heterocycles. The molecule has 8 nitrogen and oxygen atoms in total. The molecule has 0 fully saturated rings. The van der Waals surface area contributed by atoms with Crippen LogP contribution in [0.25, 0.3) is 0 Å².